The molecule has 22 heavy (non-hydrogen) atoms. The molecule has 0 aliphatic carbocycles. The largest absolute Gasteiger partial charge is 0.402 e. The predicted octanol–water partition coefficient (Wildman–Crippen LogP) is 3.73. The van der Waals surface area contributed by atoms with Crippen LogP contribution in [0, 0.1) is 5.82 Å². The lowest BCUT2D eigenvalue weighted by Gasteiger charge is -1.99. The van der Waals surface area contributed by atoms with Crippen LogP contribution < -0.4 is 0 Å². The van der Waals surface area contributed by atoms with Crippen molar-refractivity contribution in [3.8, 4) is 0 Å². The van der Waals surface area contributed by atoms with Gasteiger partial charge in [0, 0.05) is 0 Å². The molecule has 0 N–H and O–H groups in total. The van der Waals surface area contributed by atoms with E-state index in [1.807, 2.05) is 36.4 Å². The van der Waals surface area contributed by atoms with Crippen molar-refractivity contribution in [1.82, 2.24) is 0 Å². The zero-order valence-electron chi connectivity index (χ0n) is 11.6. The van der Waals surface area contributed by atoms with Gasteiger partial charge in [0.2, 0.25) is 5.90 Å². The highest BCUT2D eigenvalue weighted by Crippen LogP contribution is 2.18. The third kappa shape index (κ3) is 3.01. The molecule has 0 spiro atoms. The van der Waals surface area contributed by atoms with E-state index in [4.69, 9.17) is 4.74 Å². The number of allylic oxidation sites excluding steroid dienone is 2. The van der Waals surface area contributed by atoms with Gasteiger partial charge < -0.3 is 4.74 Å². The zero-order valence-corrected chi connectivity index (χ0v) is 11.6. The standard InChI is InChI=1S/C18H12FNO2/c19-15-11-5-4-10-14(15)17-20-16(18(21)22-17)12-6-9-13-7-2-1-3-8-13/h1-12H. The molecule has 0 unspecified atom stereocenters. The van der Waals surface area contributed by atoms with Gasteiger partial charge in [-0.1, -0.05) is 54.6 Å². The van der Waals surface area contributed by atoms with Crippen molar-refractivity contribution >= 4 is 17.9 Å². The zero-order chi connectivity index (χ0) is 15.4. The number of halogens is 1. The maximum Gasteiger partial charge on any atom is 0.363 e. The number of carbonyl (C=O) groups is 1. The minimum absolute atomic E-state index is 0.0116. The molecule has 1 heterocycles. The van der Waals surface area contributed by atoms with Gasteiger partial charge >= 0.3 is 5.97 Å². The Hall–Kier alpha value is -3.01. The second-order valence-corrected chi connectivity index (χ2v) is 4.61. The number of benzene rings is 2. The first-order chi connectivity index (χ1) is 10.7. The number of cyclic esters (lactones) is 1. The Morgan fingerprint density at radius 2 is 1.73 bits per heavy atom. The molecule has 2 aromatic rings. The van der Waals surface area contributed by atoms with Crippen molar-refractivity contribution in [2.45, 2.75) is 0 Å². The van der Waals surface area contributed by atoms with Crippen molar-refractivity contribution in [3.05, 3.63) is 89.4 Å². The van der Waals surface area contributed by atoms with Crippen LogP contribution in [0.2, 0.25) is 0 Å². The Balaban J connectivity index is 1.83. The van der Waals surface area contributed by atoms with E-state index < -0.39 is 11.8 Å². The van der Waals surface area contributed by atoms with Crippen LogP contribution in [0.15, 0.2) is 77.4 Å². The molecule has 0 bridgehead atoms. The number of esters is 1. The minimum Gasteiger partial charge on any atom is -0.402 e. The van der Waals surface area contributed by atoms with Gasteiger partial charge in [0.05, 0.1) is 5.56 Å². The molecule has 0 amide bonds. The van der Waals surface area contributed by atoms with E-state index in [1.165, 1.54) is 12.1 Å². The van der Waals surface area contributed by atoms with Crippen molar-refractivity contribution in [2.24, 2.45) is 4.99 Å². The van der Waals surface area contributed by atoms with Crippen LogP contribution in [0.5, 0.6) is 0 Å². The Morgan fingerprint density at radius 3 is 2.50 bits per heavy atom. The monoisotopic (exact) mass is 293 g/mol. The van der Waals surface area contributed by atoms with Gasteiger partial charge in [-0.2, -0.15) is 0 Å². The average Bonchev–Trinajstić information content (AvgIpc) is 2.90. The van der Waals surface area contributed by atoms with Crippen LogP contribution in [-0.2, 0) is 9.53 Å². The Labute approximate surface area is 127 Å². The van der Waals surface area contributed by atoms with Crippen molar-refractivity contribution in [3.63, 3.8) is 0 Å². The first-order valence-electron chi connectivity index (χ1n) is 6.73. The van der Waals surface area contributed by atoms with Crippen molar-refractivity contribution in [2.75, 3.05) is 0 Å². The van der Waals surface area contributed by atoms with Gasteiger partial charge in [-0.3, -0.25) is 0 Å². The topological polar surface area (TPSA) is 38.7 Å². The van der Waals surface area contributed by atoms with Crippen LogP contribution in [0.1, 0.15) is 11.1 Å². The average molecular weight is 293 g/mol. The summed E-state index contributed by atoms with van der Waals surface area (Å²) in [6.45, 7) is 0. The van der Waals surface area contributed by atoms with Crippen LogP contribution in [0.4, 0.5) is 4.39 Å². The van der Waals surface area contributed by atoms with E-state index in [9.17, 15) is 9.18 Å². The Kier molecular flexibility index (Phi) is 3.92. The fourth-order valence-electron chi connectivity index (χ4n) is 1.99. The third-order valence-corrected chi connectivity index (χ3v) is 3.07. The number of hydrogen-bond acceptors (Lipinski definition) is 3. The first-order valence-corrected chi connectivity index (χ1v) is 6.73. The normalized spacial score (nSPS) is 16.1. The van der Waals surface area contributed by atoms with E-state index in [1.54, 1.807) is 24.3 Å². The summed E-state index contributed by atoms with van der Waals surface area (Å²) in [5.41, 5.74) is 1.32. The quantitative estimate of drug-likeness (QED) is 0.639. The predicted molar refractivity (Wildman–Crippen MR) is 82.6 cm³/mol. The highest BCUT2D eigenvalue weighted by Gasteiger charge is 2.25. The van der Waals surface area contributed by atoms with E-state index in [-0.39, 0.29) is 17.2 Å². The summed E-state index contributed by atoms with van der Waals surface area (Å²) in [5, 5.41) is 0. The molecular formula is C18H12FNO2. The minimum atomic E-state index is -0.587. The first kappa shape index (κ1) is 13.9. The molecule has 3 rings (SSSR count). The maximum absolute atomic E-state index is 13.7. The van der Waals surface area contributed by atoms with Gasteiger partial charge in [-0.15, -0.1) is 0 Å². The SMILES string of the molecule is O=C1OC(c2ccccc2F)=NC1=CC=Cc1ccccc1. The fourth-order valence-corrected chi connectivity index (χ4v) is 1.99. The van der Waals surface area contributed by atoms with Gasteiger partial charge in [-0.05, 0) is 23.8 Å². The number of ether oxygens (including phenoxy) is 1. The lowest BCUT2D eigenvalue weighted by Crippen LogP contribution is -2.07. The van der Waals surface area contributed by atoms with E-state index in [0.717, 1.165) is 5.56 Å². The molecule has 1 aliphatic heterocycles. The van der Waals surface area contributed by atoms with Crippen LogP contribution >= 0.6 is 0 Å². The van der Waals surface area contributed by atoms with E-state index in [2.05, 4.69) is 4.99 Å². The molecule has 0 aromatic heterocycles. The molecule has 2 aromatic carbocycles. The number of carbonyl (C=O) groups excluding carboxylic acids is 1. The molecule has 0 saturated heterocycles. The molecule has 0 saturated carbocycles. The van der Waals surface area contributed by atoms with Crippen LogP contribution in [0.3, 0.4) is 0 Å². The second kappa shape index (κ2) is 6.18. The maximum atomic E-state index is 13.7. The van der Waals surface area contributed by atoms with Crippen LogP contribution in [0.25, 0.3) is 6.08 Å². The van der Waals surface area contributed by atoms with Gasteiger partial charge in [0.15, 0.2) is 5.70 Å². The van der Waals surface area contributed by atoms with Crippen molar-refractivity contribution in [1.29, 1.82) is 0 Å². The molecule has 1 aliphatic rings. The van der Waals surface area contributed by atoms with Gasteiger partial charge in [0.25, 0.3) is 0 Å². The third-order valence-electron chi connectivity index (χ3n) is 3.07. The summed E-state index contributed by atoms with van der Waals surface area (Å²) >= 11 is 0. The summed E-state index contributed by atoms with van der Waals surface area (Å²) in [4.78, 5) is 15.8. The lowest BCUT2D eigenvalue weighted by atomic mass is 10.2. The lowest BCUT2D eigenvalue weighted by molar-refractivity contribution is -0.130. The number of hydrogen-bond donors (Lipinski definition) is 0. The number of rotatable bonds is 3. The highest BCUT2D eigenvalue weighted by atomic mass is 19.1. The number of nitrogens with zero attached hydrogens (tertiary/aromatic N) is 1. The summed E-state index contributed by atoms with van der Waals surface area (Å²) in [7, 11) is 0. The summed E-state index contributed by atoms with van der Waals surface area (Å²) in [5.74, 6) is -1.08. The molecule has 0 radical (unpaired) electrons. The molecular weight excluding hydrogens is 281 g/mol. The Morgan fingerprint density at radius 1 is 1.00 bits per heavy atom. The fraction of sp³-hybridized carbons (Fsp3) is 0. The summed E-state index contributed by atoms with van der Waals surface area (Å²) in [6.07, 6.45) is 5.10. The van der Waals surface area contributed by atoms with Crippen molar-refractivity contribution < 1.29 is 13.9 Å². The highest BCUT2D eigenvalue weighted by molar-refractivity contribution is 6.11. The van der Waals surface area contributed by atoms with Gasteiger partial charge in [-0.25, -0.2) is 14.2 Å². The smallest absolute Gasteiger partial charge is 0.363 e. The van der Waals surface area contributed by atoms with E-state index >= 15 is 0 Å². The van der Waals surface area contributed by atoms with E-state index in [0.29, 0.717) is 0 Å². The Bertz CT molecular complexity index is 792. The summed E-state index contributed by atoms with van der Waals surface area (Å²) in [6, 6.07) is 15.7. The van der Waals surface area contributed by atoms with Gasteiger partial charge in [0.1, 0.15) is 5.82 Å². The molecule has 4 heteroatoms. The molecule has 3 nitrogen and oxygen atoms in total. The molecule has 0 atom stereocenters. The van der Waals surface area contributed by atoms with Crippen LogP contribution in [-0.4, -0.2) is 11.9 Å². The number of aliphatic imine (C=N–C) groups is 1. The molecule has 0 fully saturated rings. The summed E-state index contributed by atoms with van der Waals surface area (Å²) < 4.78 is 18.7. The second-order valence-electron chi connectivity index (χ2n) is 4.61. The molecule has 108 valence electrons.